The van der Waals surface area contributed by atoms with Gasteiger partial charge in [0.25, 0.3) is 11.8 Å². The molecule has 4 heteroatoms. The van der Waals surface area contributed by atoms with E-state index in [9.17, 15) is 9.59 Å². The first kappa shape index (κ1) is 15.5. The maximum atomic E-state index is 12.3. The highest BCUT2D eigenvalue weighted by Crippen LogP contribution is 2.18. The van der Waals surface area contributed by atoms with Crippen LogP contribution in [0.1, 0.15) is 60.2 Å². The van der Waals surface area contributed by atoms with E-state index in [2.05, 4.69) is 5.32 Å². The fraction of sp³-hybridized carbons (Fsp3) is 0.529. The predicted octanol–water partition coefficient (Wildman–Crippen LogP) is 2.84. The minimum atomic E-state index is -0.0731. The standard InChI is InChI=1S/C17H24N2O2/c1-3-19(4-2)17(21)14-9-7-8-13(12-14)16(20)18-15-10-5-6-11-15/h7-9,12,15H,3-6,10-11H2,1-2H3,(H,18,20). The van der Waals surface area contributed by atoms with Crippen LogP contribution in [-0.4, -0.2) is 35.8 Å². The van der Waals surface area contributed by atoms with Gasteiger partial charge in [-0.2, -0.15) is 0 Å². The maximum Gasteiger partial charge on any atom is 0.253 e. The van der Waals surface area contributed by atoms with Crippen molar-refractivity contribution in [2.24, 2.45) is 0 Å². The van der Waals surface area contributed by atoms with Gasteiger partial charge < -0.3 is 10.2 Å². The van der Waals surface area contributed by atoms with Crippen molar-refractivity contribution in [3.05, 3.63) is 35.4 Å². The predicted molar refractivity (Wildman–Crippen MR) is 83.4 cm³/mol. The number of rotatable bonds is 5. The maximum absolute atomic E-state index is 12.3. The summed E-state index contributed by atoms with van der Waals surface area (Å²) in [4.78, 5) is 26.3. The average molecular weight is 288 g/mol. The summed E-state index contributed by atoms with van der Waals surface area (Å²) in [6.45, 7) is 5.26. The van der Waals surface area contributed by atoms with Gasteiger partial charge in [-0.1, -0.05) is 18.9 Å². The Bertz CT molecular complexity index is 503. The van der Waals surface area contributed by atoms with Gasteiger partial charge >= 0.3 is 0 Å². The first-order chi connectivity index (χ1) is 10.2. The Morgan fingerprint density at radius 2 is 1.76 bits per heavy atom. The van der Waals surface area contributed by atoms with Crippen LogP contribution in [0, 0.1) is 0 Å². The second-order valence-electron chi connectivity index (χ2n) is 5.51. The molecule has 1 aliphatic carbocycles. The highest BCUT2D eigenvalue weighted by molar-refractivity contribution is 5.99. The molecule has 0 aromatic heterocycles. The van der Waals surface area contributed by atoms with Gasteiger partial charge in [0, 0.05) is 30.3 Å². The summed E-state index contributed by atoms with van der Waals surface area (Å²) in [7, 11) is 0. The molecule has 1 aliphatic rings. The molecule has 1 fully saturated rings. The van der Waals surface area contributed by atoms with E-state index in [0.717, 1.165) is 12.8 Å². The van der Waals surface area contributed by atoms with Gasteiger partial charge in [0.2, 0.25) is 0 Å². The number of nitrogens with one attached hydrogen (secondary N) is 1. The molecule has 2 rings (SSSR count). The van der Waals surface area contributed by atoms with Gasteiger partial charge in [-0.25, -0.2) is 0 Å². The second kappa shape index (κ2) is 7.25. The number of carbonyl (C=O) groups excluding carboxylic acids is 2. The molecule has 1 N–H and O–H groups in total. The summed E-state index contributed by atoms with van der Waals surface area (Å²) in [6, 6.07) is 7.31. The lowest BCUT2D eigenvalue weighted by Crippen LogP contribution is -2.33. The van der Waals surface area contributed by atoms with Crippen LogP contribution < -0.4 is 5.32 Å². The molecule has 21 heavy (non-hydrogen) atoms. The molecular formula is C17H24N2O2. The van der Waals surface area contributed by atoms with Crippen molar-refractivity contribution >= 4 is 11.8 Å². The van der Waals surface area contributed by atoms with Crippen molar-refractivity contribution in [2.75, 3.05) is 13.1 Å². The van der Waals surface area contributed by atoms with E-state index < -0.39 is 0 Å². The fourth-order valence-corrected chi connectivity index (χ4v) is 2.83. The van der Waals surface area contributed by atoms with E-state index in [1.165, 1.54) is 12.8 Å². The Kier molecular flexibility index (Phi) is 5.37. The van der Waals surface area contributed by atoms with E-state index in [1.54, 1.807) is 29.2 Å². The molecule has 4 nitrogen and oxygen atoms in total. The largest absolute Gasteiger partial charge is 0.349 e. The Labute approximate surface area is 126 Å². The minimum Gasteiger partial charge on any atom is -0.349 e. The zero-order valence-electron chi connectivity index (χ0n) is 12.9. The molecule has 0 radical (unpaired) electrons. The van der Waals surface area contributed by atoms with E-state index in [4.69, 9.17) is 0 Å². The quantitative estimate of drug-likeness (QED) is 0.905. The van der Waals surface area contributed by atoms with Crippen molar-refractivity contribution in [3.8, 4) is 0 Å². The second-order valence-corrected chi connectivity index (χ2v) is 5.51. The molecule has 1 aromatic rings. The zero-order valence-corrected chi connectivity index (χ0v) is 12.9. The van der Waals surface area contributed by atoms with Gasteiger partial charge in [0.1, 0.15) is 0 Å². The molecule has 0 spiro atoms. The average Bonchev–Trinajstić information content (AvgIpc) is 3.01. The molecule has 114 valence electrons. The molecule has 0 bridgehead atoms. The summed E-state index contributed by atoms with van der Waals surface area (Å²) in [5.74, 6) is -0.0911. The SMILES string of the molecule is CCN(CC)C(=O)c1cccc(C(=O)NC2CCCC2)c1. The third-order valence-electron chi connectivity index (χ3n) is 4.11. The molecule has 0 aliphatic heterocycles. The Morgan fingerprint density at radius 1 is 1.14 bits per heavy atom. The van der Waals surface area contributed by atoms with Crippen LogP contribution in [0.4, 0.5) is 0 Å². The number of hydrogen-bond acceptors (Lipinski definition) is 2. The molecule has 0 heterocycles. The Balaban J connectivity index is 2.09. The normalized spacial score (nSPS) is 15.0. The van der Waals surface area contributed by atoms with Gasteiger partial charge in [-0.3, -0.25) is 9.59 Å². The van der Waals surface area contributed by atoms with E-state index >= 15 is 0 Å². The van der Waals surface area contributed by atoms with Gasteiger partial charge in [0.15, 0.2) is 0 Å². The molecule has 0 unspecified atom stereocenters. The fourth-order valence-electron chi connectivity index (χ4n) is 2.83. The van der Waals surface area contributed by atoms with Crippen LogP contribution in [0.3, 0.4) is 0 Å². The number of nitrogens with zero attached hydrogens (tertiary/aromatic N) is 1. The van der Waals surface area contributed by atoms with Crippen LogP contribution in [0.2, 0.25) is 0 Å². The van der Waals surface area contributed by atoms with Crippen LogP contribution in [0.25, 0.3) is 0 Å². The van der Waals surface area contributed by atoms with E-state index in [1.807, 2.05) is 13.8 Å². The molecule has 0 saturated heterocycles. The first-order valence-corrected chi connectivity index (χ1v) is 7.86. The number of hydrogen-bond donors (Lipinski definition) is 1. The number of benzene rings is 1. The molecule has 1 saturated carbocycles. The van der Waals surface area contributed by atoms with Gasteiger partial charge in [-0.05, 0) is 44.9 Å². The summed E-state index contributed by atoms with van der Waals surface area (Å²) < 4.78 is 0. The van der Waals surface area contributed by atoms with Crippen molar-refractivity contribution in [2.45, 2.75) is 45.6 Å². The highest BCUT2D eigenvalue weighted by atomic mass is 16.2. The van der Waals surface area contributed by atoms with Crippen molar-refractivity contribution in [3.63, 3.8) is 0 Å². The summed E-state index contributed by atoms with van der Waals surface area (Å²) in [6.07, 6.45) is 4.49. The molecular weight excluding hydrogens is 264 g/mol. The lowest BCUT2D eigenvalue weighted by atomic mass is 10.1. The lowest BCUT2D eigenvalue weighted by molar-refractivity contribution is 0.0773. The highest BCUT2D eigenvalue weighted by Gasteiger charge is 2.19. The van der Waals surface area contributed by atoms with Crippen molar-refractivity contribution in [1.29, 1.82) is 0 Å². The monoisotopic (exact) mass is 288 g/mol. The van der Waals surface area contributed by atoms with E-state index in [-0.39, 0.29) is 11.8 Å². The van der Waals surface area contributed by atoms with E-state index in [0.29, 0.717) is 30.3 Å². The zero-order chi connectivity index (χ0) is 15.2. The first-order valence-electron chi connectivity index (χ1n) is 7.86. The van der Waals surface area contributed by atoms with Crippen LogP contribution in [0.15, 0.2) is 24.3 Å². The van der Waals surface area contributed by atoms with Crippen molar-refractivity contribution < 1.29 is 9.59 Å². The van der Waals surface area contributed by atoms with Gasteiger partial charge in [0.05, 0.1) is 0 Å². The molecule has 0 atom stereocenters. The smallest absolute Gasteiger partial charge is 0.253 e. The molecule has 1 aromatic carbocycles. The van der Waals surface area contributed by atoms with Crippen LogP contribution in [0.5, 0.6) is 0 Å². The Morgan fingerprint density at radius 3 is 2.38 bits per heavy atom. The van der Waals surface area contributed by atoms with Gasteiger partial charge in [-0.15, -0.1) is 0 Å². The topological polar surface area (TPSA) is 49.4 Å². The van der Waals surface area contributed by atoms with Crippen LogP contribution >= 0.6 is 0 Å². The molecule has 2 amide bonds. The summed E-state index contributed by atoms with van der Waals surface area (Å²) in [5.41, 5.74) is 1.15. The number of carbonyl (C=O) groups is 2. The third-order valence-corrected chi connectivity index (χ3v) is 4.11. The third kappa shape index (κ3) is 3.84. The Hall–Kier alpha value is -1.84. The van der Waals surface area contributed by atoms with Crippen LogP contribution in [-0.2, 0) is 0 Å². The lowest BCUT2D eigenvalue weighted by Gasteiger charge is -2.19. The van der Waals surface area contributed by atoms with Crippen molar-refractivity contribution in [1.82, 2.24) is 10.2 Å². The summed E-state index contributed by atoms with van der Waals surface area (Å²) in [5, 5.41) is 3.05. The summed E-state index contributed by atoms with van der Waals surface area (Å²) >= 11 is 0. The number of amides is 2. The minimum absolute atomic E-state index is 0.0180.